The van der Waals surface area contributed by atoms with Crippen LogP contribution in [0.5, 0.6) is 5.75 Å². The number of carboxylic acid groups (broad SMARTS) is 1. The van der Waals surface area contributed by atoms with Crippen LogP contribution in [0.1, 0.15) is 16.8 Å². The molecule has 0 aliphatic rings. The number of nitrogens with zero attached hydrogens (tertiary/aromatic N) is 2. The molecule has 2 aromatic heterocycles. The first-order valence-electron chi connectivity index (χ1n) is 7.36. The lowest BCUT2D eigenvalue weighted by Crippen LogP contribution is -2.05. The van der Waals surface area contributed by atoms with E-state index in [1.165, 1.54) is 0 Å². The Morgan fingerprint density at radius 2 is 2.00 bits per heavy atom. The number of carboxylic acids is 1. The molecule has 0 saturated carbocycles. The van der Waals surface area contributed by atoms with Gasteiger partial charge in [0.1, 0.15) is 5.75 Å². The Kier molecular flexibility index (Phi) is 4.02. The highest BCUT2D eigenvalue weighted by molar-refractivity contribution is 5.90. The molecule has 23 heavy (non-hydrogen) atoms. The van der Waals surface area contributed by atoms with Crippen LogP contribution in [0.4, 0.5) is 0 Å². The highest BCUT2D eigenvalue weighted by atomic mass is 16.5. The number of aromatic nitrogens is 2. The van der Waals surface area contributed by atoms with Gasteiger partial charge in [0.25, 0.3) is 0 Å². The zero-order valence-electron chi connectivity index (χ0n) is 13.1. The summed E-state index contributed by atoms with van der Waals surface area (Å²) in [5, 5.41) is 10.2. The highest BCUT2D eigenvalue weighted by Gasteiger charge is 2.17. The van der Waals surface area contributed by atoms with Gasteiger partial charge in [-0.15, -0.1) is 0 Å². The molecule has 5 heteroatoms. The van der Waals surface area contributed by atoms with Gasteiger partial charge in [-0.25, -0.2) is 0 Å². The van der Waals surface area contributed by atoms with Gasteiger partial charge in [-0.2, -0.15) is 0 Å². The molecule has 0 spiro atoms. The average molecular weight is 310 g/mol. The number of fused-ring (bicyclic) bond motifs is 1. The largest absolute Gasteiger partial charge is 0.497 e. The summed E-state index contributed by atoms with van der Waals surface area (Å²) in [6.45, 7) is 2.64. The molecule has 2 heterocycles. The van der Waals surface area contributed by atoms with E-state index in [1.807, 2.05) is 37.3 Å². The second-order valence-corrected chi connectivity index (χ2v) is 5.46. The maximum absolute atomic E-state index is 11.2. The van der Waals surface area contributed by atoms with E-state index in [1.54, 1.807) is 19.5 Å². The fraction of sp³-hybridized carbons (Fsp3) is 0.222. The smallest absolute Gasteiger partial charge is 0.307 e. The van der Waals surface area contributed by atoms with E-state index in [-0.39, 0.29) is 6.42 Å². The minimum atomic E-state index is -0.834. The van der Waals surface area contributed by atoms with E-state index in [9.17, 15) is 9.90 Å². The van der Waals surface area contributed by atoms with E-state index in [0.717, 1.165) is 33.5 Å². The number of rotatable bonds is 5. The maximum atomic E-state index is 11.2. The first-order chi connectivity index (χ1) is 11.1. The average Bonchev–Trinajstić information content (AvgIpc) is 2.80. The Balaban J connectivity index is 2.17. The summed E-state index contributed by atoms with van der Waals surface area (Å²) < 4.78 is 7.43. The Bertz CT molecular complexity index is 854. The van der Waals surface area contributed by atoms with Crippen molar-refractivity contribution in [2.24, 2.45) is 0 Å². The molecular formula is C18H18N2O3. The van der Waals surface area contributed by atoms with Crippen LogP contribution in [-0.4, -0.2) is 27.7 Å². The first kappa shape index (κ1) is 15.1. The quantitative estimate of drug-likeness (QED) is 0.786. The van der Waals surface area contributed by atoms with Crippen LogP contribution >= 0.6 is 0 Å². The highest BCUT2D eigenvalue weighted by Crippen LogP contribution is 2.30. The summed E-state index contributed by atoms with van der Waals surface area (Å²) in [5.41, 5.74) is 3.93. The topological polar surface area (TPSA) is 64.3 Å². The van der Waals surface area contributed by atoms with Gasteiger partial charge in [-0.3, -0.25) is 9.78 Å². The molecule has 0 aliphatic heterocycles. The van der Waals surface area contributed by atoms with Gasteiger partial charge in [-0.1, -0.05) is 0 Å². The van der Waals surface area contributed by atoms with Crippen molar-refractivity contribution >= 4 is 16.9 Å². The number of hydrogen-bond acceptors (Lipinski definition) is 3. The fourth-order valence-electron chi connectivity index (χ4n) is 2.91. The minimum absolute atomic E-state index is 0.00114. The molecule has 0 radical (unpaired) electrons. The lowest BCUT2D eigenvalue weighted by atomic mass is 10.1. The molecule has 0 saturated heterocycles. The van der Waals surface area contributed by atoms with Crippen molar-refractivity contribution in [2.45, 2.75) is 19.9 Å². The van der Waals surface area contributed by atoms with Gasteiger partial charge < -0.3 is 14.4 Å². The third kappa shape index (κ3) is 2.90. The molecule has 0 aliphatic carbocycles. The maximum Gasteiger partial charge on any atom is 0.307 e. The van der Waals surface area contributed by atoms with Crippen LogP contribution < -0.4 is 4.74 Å². The minimum Gasteiger partial charge on any atom is -0.497 e. The third-order valence-electron chi connectivity index (χ3n) is 4.08. The van der Waals surface area contributed by atoms with Crippen LogP contribution in [0.25, 0.3) is 10.9 Å². The number of ether oxygens (including phenoxy) is 1. The van der Waals surface area contributed by atoms with E-state index < -0.39 is 5.97 Å². The molecule has 0 amide bonds. The molecule has 0 bridgehead atoms. The van der Waals surface area contributed by atoms with Crippen molar-refractivity contribution in [3.63, 3.8) is 0 Å². The summed E-state index contributed by atoms with van der Waals surface area (Å²) in [6, 6.07) is 9.71. The Labute approximate surface area is 134 Å². The van der Waals surface area contributed by atoms with Gasteiger partial charge in [0, 0.05) is 35.5 Å². The molecule has 0 atom stereocenters. The summed E-state index contributed by atoms with van der Waals surface area (Å²) in [5.74, 6) is -0.107. The zero-order valence-corrected chi connectivity index (χ0v) is 13.1. The predicted molar refractivity (Wildman–Crippen MR) is 87.9 cm³/mol. The SMILES string of the molecule is COc1ccc2c(c1)c(CC(=O)O)c(C)n2Cc1ccncc1. The number of carbonyl (C=O) groups is 1. The number of pyridine rings is 1. The van der Waals surface area contributed by atoms with Gasteiger partial charge in [0.15, 0.2) is 0 Å². The molecular weight excluding hydrogens is 292 g/mol. The second-order valence-electron chi connectivity index (χ2n) is 5.46. The Morgan fingerprint density at radius 1 is 1.26 bits per heavy atom. The van der Waals surface area contributed by atoms with Crippen LogP contribution in [0, 0.1) is 6.92 Å². The van der Waals surface area contributed by atoms with Crippen molar-refractivity contribution < 1.29 is 14.6 Å². The predicted octanol–water partition coefficient (Wildman–Crippen LogP) is 3.03. The molecule has 1 N–H and O–H groups in total. The van der Waals surface area contributed by atoms with Crippen molar-refractivity contribution in [1.29, 1.82) is 0 Å². The van der Waals surface area contributed by atoms with Gasteiger partial charge in [0.2, 0.25) is 0 Å². The van der Waals surface area contributed by atoms with Crippen LogP contribution in [0.15, 0.2) is 42.7 Å². The van der Waals surface area contributed by atoms with E-state index in [0.29, 0.717) is 6.54 Å². The summed E-state index contributed by atoms with van der Waals surface area (Å²) in [4.78, 5) is 15.3. The molecule has 1 aromatic carbocycles. The third-order valence-corrected chi connectivity index (χ3v) is 4.08. The van der Waals surface area contributed by atoms with Crippen LogP contribution in [0.2, 0.25) is 0 Å². The first-order valence-corrected chi connectivity index (χ1v) is 7.36. The molecule has 5 nitrogen and oxygen atoms in total. The Hall–Kier alpha value is -2.82. The summed E-state index contributed by atoms with van der Waals surface area (Å²) in [7, 11) is 1.61. The van der Waals surface area contributed by atoms with Crippen molar-refractivity contribution in [2.75, 3.05) is 7.11 Å². The second kappa shape index (κ2) is 6.12. The molecule has 3 aromatic rings. The van der Waals surface area contributed by atoms with Crippen molar-refractivity contribution in [1.82, 2.24) is 9.55 Å². The van der Waals surface area contributed by atoms with Crippen molar-refractivity contribution in [3.8, 4) is 5.75 Å². The monoisotopic (exact) mass is 310 g/mol. The molecule has 0 fully saturated rings. The van der Waals surface area contributed by atoms with Crippen molar-refractivity contribution in [3.05, 3.63) is 59.5 Å². The normalized spacial score (nSPS) is 10.9. The van der Waals surface area contributed by atoms with Gasteiger partial charge in [0.05, 0.1) is 13.5 Å². The molecule has 0 unspecified atom stereocenters. The lowest BCUT2D eigenvalue weighted by molar-refractivity contribution is -0.136. The fourth-order valence-corrected chi connectivity index (χ4v) is 2.91. The van der Waals surface area contributed by atoms with Gasteiger partial charge in [-0.05, 0) is 48.4 Å². The van der Waals surface area contributed by atoms with E-state index >= 15 is 0 Å². The van der Waals surface area contributed by atoms with Crippen LogP contribution in [-0.2, 0) is 17.8 Å². The summed E-state index contributed by atoms with van der Waals surface area (Å²) in [6.07, 6.45) is 3.52. The zero-order chi connectivity index (χ0) is 16.4. The van der Waals surface area contributed by atoms with Crippen LogP contribution in [0.3, 0.4) is 0 Å². The number of aliphatic carboxylic acids is 1. The van der Waals surface area contributed by atoms with E-state index in [4.69, 9.17) is 4.74 Å². The standard InChI is InChI=1S/C18H18N2O3/c1-12-15(10-18(21)22)16-9-14(23-2)3-4-17(16)20(12)11-13-5-7-19-8-6-13/h3-9H,10-11H2,1-2H3,(H,21,22). The molecule has 3 rings (SSSR count). The number of methoxy groups -OCH3 is 1. The van der Waals surface area contributed by atoms with E-state index in [2.05, 4.69) is 9.55 Å². The summed E-state index contributed by atoms with van der Waals surface area (Å²) >= 11 is 0. The number of benzene rings is 1. The number of hydrogen-bond donors (Lipinski definition) is 1. The Morgan fingerprint density at radius 3 is 2.65 bits per heavy atom. The van der Waals surface area contributed by atoms with Gasteiger partial charge >= 0.3 is 5.97 Å². The lowest BCUT2D eigenvalue weighted by Gasteiger charge is -2.09. The molecule has 118 valence electrons.